The Kier molecular flexibility index (Phi) is 17.3. The van der Waals surface area contributed by atoms with Crippen LogP contribution < -0.4 is 0 Å². The van der Waals surface area contributed by atoms with E-state index in [1.54, 1.807) is 0 Å². The van der Waals surface area contributed by atoms with Crippen molar-refractivity contribution in [3.8, 4) is 0 Å². The molecule has 0 saturated heterocycles. The quantitative estimate of drug-likeness (QED) is 0.295. The summed E-state index contributed by atoms with van der Waals surface area (Å²) < 4.78 is 17.1. The summed E-state index contributed by atoms with van der Waals surface area (Å²) in [6.45, 7) is 7.83. The van der Waals surface area contributed by atoms with E-state index >= 15 is 0 Å². The molecule has 19 heavy (non-hydrogen) atoms. The summed E-state index contributed by atoms with van der Waals surface area (Å²) in [5, 5.41) is 0. The summed E-state index contributed by atoms with van der Waals surface area (Å²) in [5.74, 6) is -0.796. The number of hydrogen-bond donors (Lipinski definition) is 0. The van der Waals surface area contributed by atoms with Gasteiger partial charge in [-0.1, -0.05) is 31.7 Å². The third-order valence-corrected chi connectivity index (χ3v) is 3.64. The van der Waals surface area contributed by atoms with E-state index < -0.39 is 5.97 Å². The molecule has 0 fully saturated rings. The molecule has 0 amide bonds. The molecular formula is C14H32FeO3Si. The van der Waals surface area contributed by atoms with E-state index in [2.05, 4.69) is 0 Å². The van der Waals surface area contributed by atoms with Gasteiger partial charge in [0.25, 0.3) is 5.97 Å². The monoisotopic (exact) mass is 332 g/mol. The molecular weight excluding hydrogens is 300 g/mol. The van der Waals surface area contributed by atoms with Gasteiger partial charge in [-0.25, -0.2) is 0 Å². The Morgan fingerprint density at radius 2 is 1.16 bits per heavy atom. The van der Waals surface area contributed by atoms with Crippen molar-refractivity contribution in [2.24, 2.45) is 0 Å². The van der Waals surface area contributed by atoms with Gasteiger partial charge in [0.15, 0.2) is 0 Å². The van der Waals surface area contributed by atoms with Crippen LogP contribution in [0.2, 0.25) is 6.04 Å². The first kappa shape index (κ1) is 21.9. The summed E-state index contributed by atoms with van der Waals surface area (Å²) >= 11 is 0. The maximum absolute atomic E-state index is 5.70. The van der Waals surface area contributed by atoms with E-state index in [0.29, 0.717) is 19.8 Å². The van der Waals surface area contributed by atoms with Crippen molar-refractivity contribution in [3.05, 3.63) is 0 Å². The average molecular weight is 332 g/mol. The van der Waals surface area contributed by atoms with Gasteiger partial charge < -0.3 is 14.2 Å². The van der Waals surface area contributed by atoms with E-state index in [9.17, 15) is 0 Å². The van der Waals surface area contributed by atoms with Crippen molar-refractivity contribution in [1.82, 2.24) is 0 Å². The van der Waals surface area contributed by atoms with Gasteiger partial charge in [0.1, 0.15) is 0 Å². The molecule has 0 rings (SSSR count). The van der Waals surface area contributed by atoms with Crippen LogP contribution in [-0.4, -0.2) is 36.0 Å². The molecule has 0 bridgehead atoms. The van der Waals surface area contributed by atoms with E-state index in [1.807, 2.05) is 20.8 Å². The van der Waals surface area contributed by atoms with Crippen LogP contribution >= 0.6 is 0 Å². The van der Waals surface area contributed by atoms with Crippen LogP contribution in [0, 0.1) is 0 Å². The van der Waals surface area contributed by atoms with Crippen LogP contribution in [0.25, 0.3) is 0 Å². The van der Waals surface area contributed by atoms with Crippen LogP contribution in [0.5, 0.6) is 0 Å². The normalized spacial score (nSPS) is 11.5. The molecule has 0 saturated carbocycles. The zero-order chi connectivity index (χ0) is 13.7. The van der Waals surface area contributed by atoms with E-state index in [1.165, 1.54) is 42.0 Å². The Hall–Kier alpha value is 0.616. The van der Waals surface area contributed by atoms with Crippen LogP contribution in [0.4, 0.5) is 0 Å². The molecule has 0 radical (unpaired) electrons. The van der Waals surface area contributed by atoms with Gasteiger partial charge in [-0.15, -0.1) is 0 Å². The van der Waals surface area contributed by atoms with Gasteiger partial charge in [-0.05, 0) is 27.2 Å². The SMILES string of the molecule is CCOC(CCCCCCC[SiH3])(OCC)OCC.[Fe]. The van der Waals surface area contributed by atoms with Crippen molar-refractivity contribution in [2.75, 3.05) is 19.8 Å². The fourth-order valence-corrected chi connectivity index (χ4v) is 2.62. The summed E-state index contributed by atoms with van der Waals surface area (Å²) in [6.07, 6.45) is 7.29. The zero-order valence-corrected chi connectivity index (χ0v) is 16.3. The summed E-state index contributed by atoms with van der Waals surface area (Å²) in [4.78, 5) is 0. The molecule has 0 aliphatic carbocycles. The van der Waals surface area contributed by atoms with E-state index in [0.717, 1.165) is 12.8 Å². The first-order valence-corrected chi connectivity index (χ1v) is 9.07. The molecule has 0 aromatic heterocycles. The summed E-state index contributed by atoms with van der Waals surface area (Å²) in [7, 11) is 1.34. The topological polar surface area (TPSA) is 27.7 Å². The van der Waals surface area contributed by atoms with Crippen molar-refractivity contribution < 1.29 is 31.3 Å². The van der Waals surface area contributed by atoms with Gasteiger partial charge in [0.05, 0.1) is 0 Å². The van der Waals surface area contributed by atoms with Crippen molar-refractivity contribution in [1.29, 1.82) is 0 Å². The average Bonchev–Trinajstić information content (AvgIpc) is 2.35. The molecule has 3 nitrogen and oxygen atoms in total. The molecule has 5 heteroatoms. The second-order valence-corrected chi connectivity index (χ2v) is 5.50. The smallest absolute Gasteiger partial charge is 0.282 e. The van der Waals surface area contributed by atoms with Crippen molar-refractivity contribution in [2.45, 2.75) is 71.3 Å². The second kappa shape index (κ2) is 15.0. The number of rotatable bonds is 13. The maximum atomic E-state index is 5.70. The van der Waals surface area contributed by atoms with Crippen LogP contribution in [0.1, 0.15) is 59.3 Å². The third kappa shape index (κ3) is 11.0. The van der Waals surface area contributed by atoms with Gasteiger partial charge in [-0.2, -0.15) is 0 Å². The van der Waals surface area contributed by atoms with E-state index in [4.69, 9.17) is 14.2 Å². The fraction of sp³-hybridized carbons (Fsp3) is 1.00. The molecule has 0 aromatic carbocycles. The molecule has 118 valence electrons. The minimum absolute atomic E-state index is 0. The summed E-state index contributed by atoms with van der Waals surface area (Å²) in [6, 6.07) is 1.43. The molecule has 0 N–H and O–H groups in total. The van der Waals surface area contributed by atoms with Gasteiger partial charge in [0.2, 0.25) is 0 Å². The molecule has 0 aromatic rings. The fourth-order valence-electron chi connectivity index (χ4n) is 2.12. The third-order valence-electron chi connectivity index (χ3n) is 2.93. The summed E-state index contributed by atoms with van der Waals surface area (Å²) in [5.41, 5.74) is 0. The molecule has 0 unspecified atom stereocenters. The number of ether oxygens (including phenoxy) is 3. The van der Waals surface area contributed by atoms with Gasteiger partial charge in [-0.3, -0.25) is 0 Å². The van der Waals surface area contributed by atoms with Gasteiger partial charge in [0, 0.05) is 53.6 Å². The largest absolute Gasteiger partial charge is 0.328 e. The minimum atomic E-state index is -0.796. The van der Waals surface area contributed by atoms with Crippen LogP contribution in [-0.2, 0) is 31.3 Å². The van der Waals surface area contributed by atoms with Crippen molar-refractivity contribution >= 4 is 10.2 Å². The maximum Gasteiger partial charge on any atom is 0.282 e. The zero-order valence-electron chi connectivity index (χ0n) is 13.1. The predicted octanol–water partition coefficient (Wildman–Crippen LogP) is 2.87. The number of hydrogen-bond acceptors (Lipinski definition) is 3. The Morgan fingerprint density at radius 3 is 1.58 bits per heavy atom. The van der Waals surface area contributed by atoms with Gasteiger partial charge >= 0.3 is 0 Å². The molecule has 0 atom stereocenters. The predicted molar refractivity (Wildman–Crippen MR) is 80.1 cm³/mol. The Labute approximate surface area is 133 Å². The molecule has 0 aliphatic heterocycles. The standard InChI is InChI=1S/C14H32O3Si.Fe/c1-4-15-14(16-5-2,17-6-3)12-10-8-7-9-11-13-18;/h4-13H2,1-3,18H3;. The molecule has 0 aliphatic rings. The first-order valence-electron chi connectivity index (χ1n) is 7.66. The number of unbranched alkanes of at least 4 members (excludes halogenated alkanes) is 4. The second-order valence-electron chi connectivity index (χ2n) is 4.50. The van der Waals surface area contributed by atoms with E-state index in [-0.39, 0.29) is 17.1 Å². The molecule has 0 heterocycles. The first-order chi connectivity index (χ1) is 8.74. The van der Waals surface area contributed by atoms with Crippen LogP contribution in [0.15, 0.2) is 0 Å². The Bertz CT molecular complexity index is 165. The molecule has 0 spiro atoms. The Balaban J connectivity index is 0. The Morgan fingerprint density at radius 1 is 0.737 bits per heavy atom. The van der Waals surface area contributed by atoms with Crippen LogP contribution in [0.3, 0.4) is 0 Å². The minimum Gasteiger partial charge on any atom is -0.328 e. The van der Waals surface area contributed by atoms with Crippen molar-refractivity contribution in [3.63, 3.8) is 0 Å².